The zero-order chi connectivity index (χ0) is 18.8. The molecule has 27 heavy (non-hydrogen) atoms. The van der Waals surface area contributed by atoms with E-state index in [1.54, 1.807) is 0 Å². The van der Waals surface area contributed by atoms with Crippen LogP contribution in [0, 0.1) is 0 Å². The summed E-state index contributed by atoms with van der Waals surface area (Å²) in [7, 11) is 1.89. The number of nitrogens with zero attached hydrogens (tertiary/aromatic N) is 2. The summed E-state index contributed by atoms with van der Waals surface area (Å²) in [5.41, 5.74) is 2.86. The van der Waals surface area contributed by atoms with E-state index in [0.717, 1.165) is 43.4 Å². The van der Waals surface area contributed by atoms with Gasteiger partial charge < -0.3 is 9.88 Å². The topological polar surface area (TPSA) is 37.3 Å². The Hall–Kier alpha value is -2.30. The monoisotopic (exact) mass is 381 g/mol. The van der Waals surface area contributed by atoms with E-state index in [9.17, 15) is 4.79 Å². The average molecular weight is 382 g/mol. The van der Waals surface area contributed by atoms with Crippen LogP contribution in [-0.4, -0.2) is 34.5 Å². The molecule has 2 heterocycles. The molecule has 3 aromatic rings. The predicted molar refractivity (Wildman–Crippen MR) is 110 cm³/mol. The third kappa shape index (κ3) is 3.73. The van der Waals surface area contributed by atoms with Crippen molar-refractivity contribution < 1.29 is 4.79 Å². The highest BCUT2D eigenvalue weighted by Crippen LogP contribution is 2.30. The Morgan fingerprint density at radius 1 is 1.07 bits per heavy atom. The van der Waals surface area contributed by atoms with Gasteiger partial charge in [0.05, 0.1) is 5.02 Å². The lowest BCUT2D eigenvalue weighted by Gasteiger charge is -2.32. The lowest BCUT2D eigenvalue weighted by atomic mass is 10.0. The van der Waals surface area contributed by atoms with Crippen LogP contribution in [0.25, 0.3) is 10.9 Å². The van der Waals surface area contributed by atoms with Gasteiger partial charge in [0.1, 0.15) is 5.69 Å². The van der Waals surface area contributed by atoms with Crippen LogP contribution in [0.3, 0.4) is 0 Å². The van der Waals surface area contributed by atoms with Gasteiger partial charge in [0.2, 0.25) is 0 Å². The molecule has 140 valence electrons. The summed E-state index contributed by atoms with van der Waals surface area (Å²) in [6.45, 7) is 2.95. The fourth-order valence-electron chi connectivity index (χ4n) is 3.93. The Bertz CT molecular complexity index is 904. The van der Waals surface area contributed by atoms with Gasteiger partial charge in [-0.15, -0.1) is 0 Å². The van der Waals surface area contributed by atoms with Crippen LogP contribution in [0.2, 0.25) is 5.02 Å². The number of hydrogen-bond donors (Lipinski definition) is 1. The maximum atomic E-state index is 12.9. The van der Waals surface area contributed by atoms with E-state index in [0.29, 0.717) is 10.7 Å². The molecule has 1 amide bonds. The number of aromatic nitrogens is 1. The number of aryl methyl sites for hydroxylation is 1. The molecule has 2 aromatic carbocycles. The molecular formula is C22H24ClN3O. The van der Waals surface area contributed by atoms with E-state index >= 15 is 0 Å². The first-order valence-electron chi connectivity index (χ1n) is 9.43. The summed E-state index contributed by atoms with van der Waals surface area (Å²) in [5, 5.41) is 4.65. The minimum Gasteiger partial charge on any atom is -0.348 e. The minimum absolute atomic E-state index is 0.0831. The van der Waals surface area contributed by atoms with Crippen molar-refractivity contribution in [1.82, 2.24) is 14.8 Å². The Labute approximate surface area is 164 Å². The molecule has 5 heteroatoms. The van der Waals surface area contributed by atoms with Crippen LogP contribution in [0.15, 0.2) is 54.6 Å². The van der Waals surface area contributed by atoms with Crippen molar-refractivity contribution in [2.45, 2.75) is 25.4 Å². The van der Waals surface area contributed by atoms with Crippen molar-refractivity contribution in [1.29, 1.82) is 0 Å². The number of amides is 1. The second-order valence-electron chi connectivity index (χ2n) is 7.25. The number of nitrogens with one attached hydrogen (secondary N) is 1. The Morgan fingerprint density at radius 2 is 1.74 bits per heavy atom. The van der Waals surface area contributed by atoms with E-state index in [1.165, 1.54) is 5.56 Å². The summed E-state index contributed by atoms with van der Waals surface area (Å²) in [4.78, 5) is 15.3. The number of para-hydroxylation sites is 1. The van der Waals surface area contributed by atoms with E-state index in [-0.39, 0.29) is 11.9 Å². The summed E-state index contributed by atoms with van der Waals surface area (Å²) >= 11 is 6.50. The lowest BCUT2D eigenvalue weighted by molar-refractivity contribution is 0.0901. The van der Waals surface area contributed by atoms with E-state index in [2.05, 4.69) is 34.5 Å². The Morgan fingerprint density at radius 3 is 2.44 bits per heavy atom. The number of benzene rings is 2. The van der Waals surface area contributed by atoms with Gasteiger partial charge >= 0.3 is 0 Å². The van der Waals surface area contributed by atoms with Gasteiger partial charge in [-0.1, -0.05) is 60.1 Å². The van der Waals surface area contributed by atoms with Crippen molar-refractivity contribution >= 4 is 28.4 Å². The first-order valence-corrected chi connectivity index (χ1v) is 9.81. The van der Waals surface area contributed by atoms with E-state index in [4.69, 9.17) is 11.6 Å². The highest BCUT2D eigenvalue weighted by atomic mass is 35.5. The molecule has 1 aliphatic rings. The number of fused-ring (bicyclic) bond motifs is 1. The molecular weight excluding hydrogens is 358 g/mol. The predicted octanol–water partition coefficient (Wildman–Crippen LogP) is 4.23. The second-order valence-corrected chi connectivity index (χ2v) is 7.63. The number of carbonyl (C=O) groups excluding carboxylic acids is 1. The van der Waals surface area contributed by atoms with Crippen LogP contribution in [0.4, 0.5) is 0 Å². The van der Waals surface area contributed by atoms with Gasteiger partial charge in [-0.3, -0.25) is 9.69 Å². The van der Waals surface area contributed by atoms with Crippen LogP contribution < -0.4 is 5.32 Å². The molecule has 0 unspecified atom stereocenters. The summed E-state index contributed by atoms with van der Waals surface area (Å²) in [6.07, 6.45) is 1.92. The molecule has 0 atom stereocenters. The van der Waals surface area contributed by atoms with Crippen LogP contribution in [-0.2, 0) is 13.6 Å². The quantitative estimate of drug-likeness (QED) is 0.734. The average Bonchev–Trinajstić information content (AvgIpc) is 2.95. The van der Waals surface area contributed by atoms with Gasteiger partial charge in [0, 0.05) is 43.6 Å². The molecule has 0 aliphatic carbocycles. The highest BCUT2D eigenvalue weighted by molar-refractivity contribution is 6.38. The molecule has 1 aliphatic heterocycles. The minimum atomic E-state index is -0.0831. The molecule has 1 aromatic heterocycles. The number of likely N-dealkylation sites (tertiary alicyclic amines) is 1. The standard InChI is InChI=1S/C22H24ClN3O/c1-25-19-10-6-5-9-18(19)20(23)21(25)22(27)24-17-11-13-26(14-12-17)15-16-7-3-2-4-8-16/h2-10,17H,11-15H2,1H3,(H,24,27). The molecule has 0 bridgehead atoms. The van der Waals surface area contributed by atoms with E-state index in [1.807, 2.05) is 41.9 Å². The normalized spacial score (nSPS) is 15.9. The molecule has 1 saturated heterocycles. The third-order valence-electron chi connectivity index (χ3n) is 5.43. The van der Waals surface area contributed by atoms with Crippen LogP contribution >= 0.6 is 11.6 Å². The molecule has 1 N–H and O–H groups in total. The summed E-state index contributed by atoms with van der Waals surface area (Å²) < 4.78 is 1.89. The van der Waals surface area contributed by atoms with Crippen molar-refractivity contribution in [3.8, 4) is 0 Å². The van der Waals surface area contributed by atoms with Gasteiger partial charge in [-0.25, -0.2) is 0 Å². The van der Waals surface area contributed by atoms with Crippen molar-refractivity contribution in [3.63, 3.8) is 0 Å². The van der Waals surface area contributed by atoms with Gasteiger partial charge in [0.25, 0.3) is 5.91 Å². The molecule has 4 nitrogen and oxygen atoms in total. The maximum Gasteiger partial charge on any atom is 0.269 e. The number of hydrogen-bond acceptors (Lipinski definition) is 2. The SMILES string of the molecule is Cn1c(C(=O)NC2CCN(Cc3ccccc3)CC2)c(Cl)c2ccccc21. The van der Waals surface area contributed by atoms with Crippen LogP contribution in [0.1, 0.15) is 28.9 Å². The summed E-state index contributed by atoms with van der Waals surface area (Å²) in [5.74, 6) is -0.0831. The van der Waals surface area contributed by atoms with Crippen molar-refractivity contribution in [2.24, 2.45) is 7.05 Å². The highest BCUT2D eigenvalue weighted by Gasteiger charge is 2.25. The Kier molecular flexibility index (Phi) is 5.19. The largest absolute Gasteiger partial charge is 0.348 e. The smallest absolute Gasteiger partial charge is 0.269 e. The first-order chi connectivity index (χ1) is 13.1. The molecule has 0 saturated carbocycles. The van der Waals surface area contributed by atoms with Crippen molar-refractivity contribution in [3.05, 3.63) is 70.9 Å². The van der Waals surface area contributed by atoms with E-state index < -0.39 is 0 Å². The lowest BCUT2D eigenvalue weighted by Crippen LogP contribution is -2.44. The molecule has 0 radical (unpaired) electrons. The number of carbonyl (C=O) groups is 1. The van der Waals surface area contributed by atoms with Crippen LogP contribution in [0.5, 0.6) is 0 Å². The number of halogens is 1. The first kappa shape index (κ1) is 18.1. The Balaban J connectivity index is 1.39. The molecule has 1 fully saturated rings. The fraction of sp³-hybridized carbons (Fsp3) is 0.318. The number of rotatable bonds is 4. The van der Waals surface area contributed by atoms with Crippen molar-refractivity contribution in [2.75, 3.05) is 13.1 Å². The molecule has 4 rings (SSSR count). The molecule has 0 spiro atoms. The number of piperidine rings is 1. The second kappa shape index (κ2) is 7.75. The van der Waals surface area contributed by atoms with Gasteiger partial charge in [-0.2, -0.15) is 0 Å². The zero-order valence-corrected chi connectivity index (χ0v) is 16.2. The maximum absolute atomic E-state index is 12.9. The van der Waals surface area contributed by atoms with Gasteiger partial charge in [0.15, 0.2) is 0 Å². The fourth-order valence-corrected chi connectivity index (χ4v) is 4.30. The summed E-state index contributed by atoms with van der Waals surface area (Å²) in [6, 6.07) is 18.6. The zero-order valence-electron chi connectivity index (χ0n) is 15.5. The third-order valence-corrected chi connectivity index (χ3v) is 5.81. The van der Waals surface area contributed by atoms with Gasteiger partial charge in [-0.05, 0) is 24.5 Å².